The van der Waals surface area contributed by atoms with E-state index in [0.29, 0.717) is 12.0 Å². The Morgan fingerprint density at radius 2 is 1.88 bits per heavy atom. The Kier molecular flexibility index (Phi) is 4.11. The predicted molar refractivity (Wildman–Crippen MR) is 98.1 cm³/mol. The number of benzene rings is 2. The largest absolute Gasteiger partial charge is 0.508 e. The topological polar surface area (TPSA) is 66.4 Å². The first kappa shape index (κ1) is 17.1. The van der Waals surface area contributed by atoms with E-state index in [2.05, 4.69) is 50.6 Å². The Hall–Kier alpha value is -2.69. The van der Waals surface area contributed by atoms with E-state index >= 15 is 0 Å². The third kappa shape index (κ3) is 2.90. The maximum absolute atomic E-state index is 11.0. The summed E-state index contributed by atoms with van der Waals surface area (Å²) in [7, 11) is 2.06. The van der Waals surface area contributed by atoms with E-state index in [9.17, 15) is 15.2 Å². The molecule has 0 spiro atoms. The smallest absolute Gasteiger partial charge is 0.269 e. The third-order valence-corrected chi connectivity index (χ3v) is 5.22. The first-order valence-corrected chi connectivity index (χ1v) is 8.39. The normalized spacial score (nSPS) is 15.4. The van der Waals surface area contributed by atoms with Crippen LogP contribution >= 0.6 is 0 Å². The molecule has 1 heterocycles. The predicted octanol–water partition coefficient (Wildman–Crippen LogP) is 4.25. The minimum Gasteiger partial charge on any atom is -0.508 e. The lowest BCUT2D eigenvalue weighted by molar-refractivity contribution is -0.404. The number of nitro benzene ring substituents is 1. The van der Waals surface area contributed by atoms with Crippen molar-refractivity contribution in [3.05, 3.63) is 63.2 Å². The van der Waals surface area contributed by atoms with Crippen LogP contribution in [-0.4, -0.2) is 27.4 Å². The highest BCUT2D eigenvalue weighted by Crippen LogP contribution is 2.40. The highest BCUT2D eigenvalue weighted by Gasteiger charge is 2.43. The molecule has 0 saturated heterocycles. The number of aromatic hydroxyl groups is 1. The van der Waals surface area contributed by atoms with E-state index in [1.807, 2.05) is 0 Å². The third-order valence-electron chi connectivity index (χ3n) is 5.22. The van der Waals surface area contributed by atoms with Gasteiger partial charge in [-0.3, -0.25) is 10.1 Å². The summed E-state index contributed by atoms with van der Waals surface area (Å²) in [6.45, 7) is 6.50. The number of phenols is 1. The van der Waals surface area contributed by atoms with Gasteiger partial charge < -0.3 is 5.11 Å². The van der Waals surface area contributed by atoms with Crippen LogP contribution in [0.4, 0.5) is 11.4 Å². The molecular weight excluding hydrogens is 316 g/mol. The summed E-state index contributed by atoms with van der Waals surface area (Å²) in [5, 5.41) is 21.0. The molecule has 0 bridgehead atoms. The highest BCUT2D eigenvalue weighted by atomic mass is 16.6. The van der Waals surface area contributed by atoms with Gasteiger partial charge in [0.2, 0.25) is 5.69 Å². The zero-order valence-corrected chi connectivity index (χ0v) is 15.0. The minimum atomic E-state index is -0.430. The number of phenolic OH excluding ortho intramolecular Hbond substituents is 1. The first-order chi connectivity index (χ1) is 11.7. The lowest BCUT2D eigenvalue weighted by atomic mass is 9.79. The molecule has 0 saturated carbocycles. The lowest BCUT2D eigenvalue weighted by Crippen LogP contribution is -2.29. The van der Waals surface area contributed by atoms with Gasteiger partial charge in [0, 0.05) is 35.7 Å². The molecule has 0 amide bonds. The zero-order chi connectivity index (χ0) is 18.4. The minimum absolute atomic E-state index is 0.00995. The van der Waals surface area contributed by atoms with Crippen molar-refractivity contribution in [3.8, 4) is 5.75 Å². The van der Waals surface area contributed by atoms with Crippen molar-refractivity contribution in [1.29, 1.82) is 0 Å². The van der Waals surface area contributed by atoms with Crippen molar-refractivity contribution >= 4 is 17.1 Å². The fourth-order valence-corrected chi connectivity index (χ4v) is 3.78. The number of hydrogen-bond donors (Lipinski definition) is 1. The molecular formula is C20H23N2O3+. The van der Waals surface area contributed by atoms with Gasteiger partial charge >= 0.3 is 0 Å². The van der Waals surface area contributed by atoms with Gasteiger partial charge in [-0.15, -0.1) is 0 Å². The average molecular weight is 339 g/mol. The standard InChI is InChI=1S/C20H22N2O3/c1-13-5-8-17-16(11-13)20(2,3)19(21(17)4)10-6-14-12-15(22(24)25)7-9-18(14)23/h5,7-9,11-12H,6,10H2,1-4H3/p+1. The number of nitro groups is 1. The Balaban J connectivity index is 1.91. The van der Waals surface area contributed by atoms with Crippen molar-refractivity contribution in [3.63, 3.8) is 0 Å². The van der Waals surface area contributed by atoms with Crippen LogP contribution in [0.1, 0.15) is 37.0 Å². The summed E-state index contributed by atoms with van der Waals surface area (Å²) in [5.41, 5.74) is 5.50. The number of rotatable bonds is 4. The SMILES string of the molecule is Cc1ccc2c(c1)C(C)(C)C(CCc1cc([N+](=O)[O-])ccc1O)=[N+]2C. The number of nitrogens with zero attached hydrogens (tertiary/aromatic N) is 2. The van der Waals surface area contributed by atoms with Crippen LogP contribution in [0.3, 0.4) is 0 Å². The van der Waals surface area contributed by atoms with Crippen molar-refractivity contribution in [2.75, 3.05) is 7.05 Å². The summed E-state index contributed by atoms with van der Waals surface area (Å²) in [6, 6.07) is 10.7. The van der Waals surface area contributed by atoms with Crippen molar-refractivity contribution in [2.45, 2.75) is 39.0 Å². The maximum atomic E-state index is 11.0. The van der Waals surface area contributed by atoms with E-state index in [1.54, 1.807) is 0 Å². The summed E-state index contributed by atoms with van der Waals surface area (Å²) in [4.78, 5) is 10.5. The van der Waals surface area contributed by atoms with E-state index in [4.69, 9.17) is 0 Å². The van der Waals surface area contributed by atoms with Gasteiger partial charge in [-0.2, -0.15) is 0 Å². The van der Waals surface area contributed by atoms with Crippen molar-refractivity contribution < 1.29 is 14.6 Å². The molecule has 0 unspecified atom stereocenters. The van der Waals surface area contributed by atoms with Crippen LogP contribution in [0.25, 0.3) is 0 Å². The molecule has 0 atom stereocenters. The Bertz CT molecular complexity index is 898. The number of fused-ring (bicyclic) bond motifs is 1. The van der Waals surface area contributed by atoms with Crippen molar-refractivity contribution in [2.24, 2.45) is 0 Å². The summed E-state index contributed by atoms with van der Waals surface area (Å²) < 4.78 is 2.21. The van der Waals surface area contributed by atoms with Crippen LogP contribution in [0.5, 0.6) is 5.75 Å². The Morgan fingerprint density at radius 1 is 1.16 bits per heavy atom. The molecule has 1 aliphatic rings. The molecule has 25 heavy (non-hydrogen) atoms. The van der Waals surface area contributed by atoms with Crippen molar-refractivity contribution in [1.82, 2.24) is 0 Å². The van der Waals surface area contributed by atoms with E-state index in [-0.39, 0.29) is 16.9 Å². The van der Waals surface area contributed by atoms with Crippen LogP contribution in [0.2, 0.25) is 0 Å². The zero-order valence-electron chi connectivity index (χ0n) is 15.0. The summed E-state index contributed by atoms with van der Waals surface area (Å²) in [6.07, 6.45) is 1.29. The Labute approximate surface area is 147 Å². The average Bonchev–Trinajstić information content (AvgIpc) is 2.73. The van der Waals surface area contributed by atoms with Gasteiger partial charge in [-0.25, -0.2) is 4.58 Å². The molecule has 0 aliphatic carbocycles. The fourth-order valence-electron chi connectivity index (χ4n) is 3.78. The quantitative estimate of drug-likeness (QED) is 0.514. The second-order valence-corrected chi connectivity index (χ2v) is 7.22. The molecule has 5 heteroatoms. The van der Waals surface area contributed by atoms with Crippen LogP contribution in [0.15, 0.2) is 36.4 Å². The van der Waals surface area contributed by atoms with E-state index < -0.39 is 4.92 Å². The molecule has 1 aliphatic heterocycles. The molecule has 1 N–H and O–H groups in total. The lowest BCUT2D eigenvalue weighted by Gasteiger charge is -2.18. The molecule has 0 fully saturated rings. The maximum Gasteiger partial charge on any atom is 0.269 e. The van der Waals surface area contributed by atoms with Gasteiger partial charge in [0.15, 0.2) is 5.71 Å². The van der Waals surface area contributed by atoms with Crippen LogP contribution in [-0.2, 0) is 11.8 Å². The van der Waals surface area contributed by atoms with Gasteiger partial charge in [-0.05, 0) is 39.3 Å². The van der Waals surface area contributed by atoms with E-state index in [0.717, 1.165) is 6.42 Å². The van der Waals surface area contributed by atoms with Crippen LogP contribution < -0.4 is 0 Å². The second kappa shape index (κ2) is 5.99. The highest BCUT2D eigenvalue weighted by molar-refractivity contribution is 5.95. The number of hydrogen-bond acceptors (Lipinski definition) is 3. The molecule has 0 aromatic heterocycles. The fraction of sp³-hybridized carbons (Fsp3) is 0.350. The molecule has 5 nitrogen and oxygen atoms in total. The molecule has 2 aromatic carbocycles. The first-order valence-electron chi connectivity index (χ1n) is 8.39. The summed E-state index contributed by atoms with van der Waals surface area (Å²) in [5.74, 6) is 0.109. The monoisotopic (exact) mass is 339 g/mol. The molecule has 2 aromatic rings. The van der Waals surface area contributed by atoms with E-state index in [1.165, 1.54) is 40.7 Å². The van der Waals surface area contributed by atoms with Gasteiger partial charge in [0.25, 0.3) is 5.69 Å². The van der Waals surface area contributed by atoms with Gasteiger partial charge in [0.1, 0.15) is 12.8 Å². The molecule has 0 radical (unpaired) electrons. The summed E-state index contributed by atoms with van der Waals surface area (Å²) >= 11 is 0. The van der Waals surface area contributed by atoms with Gasteiger partial charge in [0.05, 0.1) is 10.3 Å². The number of aryl methyl sites for hydroxylation is 2. The Morgan fingerprint density at radius 3 is 2.56 bits per heavy atom. The van der Waals surface area contributed by atoms with Crippen LogP contribution in [0, 0.1) is 17.0 Å². The second-order valence-electron chi connectivity index (χ2n) is 7.22. The molecule has 130 valence electrons. The number of non-ortho nitro benzene ring substituents is 1. The van der Waals surface area contributed by atoms with Gasteiger partial charge in [-0.1, -0.05) is 11.6 Å². The molecule has 3 rings (SSSR count).